The normalized spacial score (nSPS) is 24.1. The summed E-state index contributed by atoms with van der Waals surface area (Å²) >= 11 is 0. The number of nitriles is 1. The molecule has 102 valence electrons. The standard InChI is InChI=1S/C16H23N3/c1-3-15-12-19(16(4-2)10-18-15)11-14-7-5-13(9-17)6-8-14/h5-8,15-16,18H,3-4,10-12H2,1-2H3. The minimum absolute atomic E-state index is 0.612. The van der Waals surface area contributed by atoms with Crippen molar-refractivity contribution in [1.29, 1.82) is 5.26 Å². The summed E-state index contributed by atoms with van der Waals surface area (Å²) in [6.45, 7) is 7.69. The number of benzene rings is 1. The Kier molecular flexibility index (Phi) is 4.95. The Labute approximate surface area is 116 Å². The average Bonchev–Trinajstić information content (AvgIpc) is 2.48. The zero-order valence-corrected chi connectivity index (χ0v) is 11.9. The first-order valence-electron chi connectivity index (χ1n) is 7.23. The summed E-state index contributed by atoms with van der Waals surface area (Å²) in [6, 6.07) is 11.4. The van der Waals surface area contributed by atoms with Gasteiger partial charge >= 0.3 is 0 Å². The fourth-order valence-electron chi connectivity index (χ4n) is 2.72. The van der Waals surface area contributed by atoms with E-state index in [1.54, 1.807) is 0 Å². The monoisotopic (exact) mass is 257 g/mol. The van der Waals surface area contributed by atoms with Crippen molar-refractivity contribution in [3.8, 4) is 6.07 Å². The van der Waals surface area contributed by atoms with Gasteiger partial charge in [0.2, 0.25) is 0 Å². The summed E-state index contributed by atoms with van der Waals surface area (Å²) in [7, 11) is 0. The predicted octanol–water partition coefficient (Wildman–Crippen LogP) is 2.52. The van der Waals surface area contributed by atoms with Gasteiger partial charge < -0.3 is 5.32 Å². The maximum atomic E-state index is 8.83. The summed E-state index contributed by atoms with van der Waals surface area (Å²) in [5, 5.41) is 12.4. The molecule has 1 heterocycles. The minimum Gasteiger partial charge on any atom is -0.311 e. The molecule has 0 saturated carbocycles. The number of hydrogen-bond donors (Lipinski definition) is 1. The van der Waals surface area contributed by atoms with Gasteiger partial charge in [-0.25, -0.2) is 0 Å². The van der Waals surface area contributed by atoms with E-state index in [0.717, 1.165) is 25.2 Å². The molecule has 2 rings (SSSR count). The van der Waals surface area contributed by atoms with Crippen LogP contribution in [0.15, 0.2) is 24.3 Å². The van der Waals surface area contributed by atoms with E-state index in [1.165, 1.54) is 18.4 Å². The first kappa shape index (κ1) is 14.0. The molecule has 1 N–H and O–H groups in total. The van der Waals surface area contributed by atoms with Crippen LogP contribution in [0, 0.1) is 11.3 Å². The minimum atomic E-state index is 0.612. The Hall–Kier alpha value is -1.37. The van der Waals surface area contributed by atoms with Crippen LogP contribution < -0.4 is 5.32 Å². The first-order valence-corrected chi connectivity index (χ1v) is 7.23. The lowest BCUT2D eigenvalue weighted by atomic mass is 10.0. The molecule has 3 nitrogen and oxygen atoms in total. The van der Waals surface area contributed by atoms with Crippen molar-refractivity contribution in [2.45, 2.75) is 45.3 Å². The molecule has 0 aromatic heterocycles. The highest BCUT2D eigenvalue weighted by Crippen LogP contribution is 2.16. The van der Waals surface area contributed by atoms with Crippen molar-refractivity contribution < 1.29 is 0 Å². The first-order chi connectivity index (χ1) is 9.26. The summed E-state index contributed by atoms with van der Waals surface area (Å²) in [5.41, 5.74) is 2.04. The third-order valence-corrected chi connectivity index (χ3v) is 4.05. The van der Waals surface area contributed by atoms with Crippen LogP contribution in [0.2, 0.25) is 0 Å². The Bertz CT molecular complexity index is 432. The summed E-state index contributed by atoms with van der Waals surface area (Å²) < 4.78 is 0. The highest BCUT2D eigenvalue weighted by molar-refractivity contribution is 5.31. The van der Waals surface area contributed by atoms with Crippen molar-refractivity contribution in [2.24, 2.45) is 0 Å². The molecule has 19 heavy (non-hydrogen) atoms. The quantitative estimate of drug-likeness (QED) is 0.901. The van der Waals surface area contributed by atoms with Gasteiger partial charge in [0.05, 0.1) is 11.6 Å². The molecule has 1 aromatic carbocycles. The van der Waals surface area contributed by atoms with Crippen molar-refractivity contribution in [2.75, 3.05) is 13.1 Å². The molecule has 0 bridgehead atoms. The van der Waals surface area contributed by atoms with Gasteiger partial charge in [0.1, 0.15) is 0 Å². The Morgan fingerprint density at radius 2 is 2.00 bits per heavy atom. The van der Waals surface area contributed by atoms with Crippen LogP contribution in [0.3, 0.4) is 0 Å². The second-order valence-electron chi connectivity index (χ2n) is 5.31. The maximum Gasteiger partial charge on any atom is 0.0991 e. The number of hydrogen-bond acceptors (Lipinski definition) is 3. The zero-order valence-electron chi connectivity index (χ0n) is 11.9. The fourth-order valence-corrected chi connectivity index (χ4v) is 2.72. The number of nitrogens with zero attached hydrogens (tertiary/aromatic N) is 2. The molecular formula is C16H23N3. The van der Waals surface area contributed by atoms with E-state index in [9.17, 15) is 0 Å². The molecular weight excluding hydrogens is 234 g/mol. The third-order valence-electron chi connectivity index (χ3n) is 4.05. The molecule has 1 saturated heterocycles. The summed E-state index contributed by atoms with van der Waals surface area (Å²) in [6.07, 6.45) is 2.36. The SMILES string of the molecule is CCC1CN(Cc2ccc(C#N)cc2)C(CC)CN1. The van der Waals surface area contributed by atoms with Crippen molar-refractivity contribution in [3.63, 3.8) is 0 Å². The van der Waals surface area contributed by atoms with Crippen molar-refractivity contribution in [1.82, 2.24) is 10.2 Å². The Morgan fingerprint density at radius 1 is 1.26 bits per heavy atom. The lowest BCUT2D eigenvalue weighted by Crippen LogP contribution is -2.55. The number of rotatable bonds is 4. The third kappa shape index (κ3) is 3.56. The van der Waals surface area contributed by atoms with E-state index in [-0.39, 0.29) is 0 Å². The highest BCUT2D eigenvalue weighted by atomic mass is 15.2. The van der Waals surface area contributed by atoms with Crippen LogP contribution in [0.1, 0.15) is 37.8 Å². The molecule has 1 aliphatic heterocycles. The van der Waals surface area contributed by atoms with E-state index >= 15 is 0 Å². The van der Waals surface area contributed by atoms with E-state index in [0.29, 0.717) is 12.1 Å². The van der Waals surface area contributed by atoms with Crippen molar-refractivity contribution in [3.05, 3.63) is 35.4 Å². The highest BCUT2D eigenvalue weighted by Gasteiger charge is 2.25. The van der Waals surface area contributed by atoms with Gasteiger partial charge in [-0.05, 0) is 30.5 Å². The molecule has 0 radical (unpaired) electrons. The van der Waals surface area contributed by atoms with Crippen LogP contribution in [0.25, 0.3) is 0 Å². The largest absolute Gasteiger partial charge is 0.311 e. The van der Waals surface area contributed by atoms with Crippen LogP contribution in [-0.4, -0.2) is 30.1 Å². The summed E-state index contributed by atoms with van der Waals surface area (Å²) in [4.78, 5) is 2.58. The molecule has 1 fully saturated rings. The average molecular weight is 257 g/mol. The zero-order chi connectivity index (χ0) is 13.7. The molecule has 1 aromatic rings. The van der Waals surface area contributed by atoms with Crippen LogP contribution in [0.5, 0.6) is 0 Å². The van der Waals surface area contributed by atoms with Crippen LogP contribution >= 0.6 is 0 Å². The van der Waals surface area contributed by atoms with Gasteiger partial charge in [0.25, 0.3) is 0 Å². The van der Waals surface area contributed by atoms with Gasteiger partial charge in [-0.15, -0.1) is 0 Å². The molecule has 1 aliphatic rings. The number of nitrogens with one attached hydrogen (secondary N) is 1. The fraction of sp³-hybridized carbons (Fsp3) is 0.562. The van der Waals surface area contributed by atoms with Crippen LogP contribution in [-0.2, 0) is 6.54 Å². The van der Waals surface area contributed by atoms with Crippen molar-refractivity contribution >= 4 is 0 Å². The van der Waals surface area contributed by atoms with E-state index in [1.807, 2.05) is 12.1 Å². The molecule has 0 spiro atoms. The number of piperazine rings is 1. The van der Waals surface area contributed by atoms with Gasteiger partial charge in [0.15, 0.2) is 0 Å². The van der Waals surface area contributed by atoms with E-state index < -0.39 is 0 Å². The smallest absolute Gasteiger partial charge is 0.0991 e. The molecule has 0 aliphatic carbocycles. The lowest BCUT2D eigenvalue weighted by molar-refractivity contribution is 0.117. The second kappa shape index (κ2) is 6.70. The van der Waals surface area contributed by atoms with Gasteiger partial charge in [0, 0.05) is 31.7 Å². The molecule has 2 atom stereocenters. The van der Waals surface area contributed by atoms with E-state index in [2.05, 4.69) is 42.3 Å². The Morgan fingerprint density at radius 3 is 2.58 bits per heavy atom. The van der Waals surface area contributed by atoms with Crippen LogP contribution in [0.4, 0.5) is 0 Å². The van der Waals surface area contributed by atoms with Gasteiger partial charge in [-0.2, -0.15) is 5.26 Å². The van der Waals surface area contributed by atoms with Gasteiger partial charge in [-0.1, -0.05) is 26.0 Å². The topological polar surface area (TPSA) is 39.1 Å². The van der Waals surface area contributed by atoms with Gasteiger partial charge in [-0.3, -0.25) is 4.90 Å². The molecule has 2 unspecified atom stereocenters. The Balaban J connectivity index is 2.03. The molecule has 3 heteroatoms. The predicted molar refractivity (Wildman–Crippen MR) is 77.7 cm³/mol. The molecule has 0 amide bonds. The summed E-state index contributed by atoms with van der Waals surface area (Å²) in [5.74, 6) is 0. The maximum absolute atomic E-state index is 8.83. The van der Waals surface area contributed by atoms with E-state index in [4.69, 9.17) is 5.26 Å². The second-order valence-corrected chi connectivity index (χ2v) is 5.31. The lowest BCUT2D eigenvalue weighted by Gasteiger charge is -2.40.